The molecular weight excluding hydrogens is 616 g/mol. The summed E-state index contributed by atoms with van der Waals surface area (Å²) >= 11 is 0. The molecule has 11 nitrogen and oxygen atoms in total. The minimum atomic E-state index is -1.02. The van der Waals surface area contributed by atoms with Crippen molar-refractivity contribution in [1.82, 2.24) is 10.2 Å². The van der Waals surface area contributed by atoms with Crippen LogP contribution in [-0.4, -0.2) is 87.1 Å². The molecule has 1 fully saturated rings. The molecule has 13 heteroatoms. The van der Waals surface area contributed by atoms with Gasteiger partial charge < -0.3 is 39.2 Å². The van der Waals surface area contributed by atoms with E-state index in [0.717, 1.165) is 29.3 Å². The molecule has 3 amide bonds. The summed E-state index contributed by atoms with van der Waals surface area (Å²) < 4.78 is 49.4. The van der Waals surface area contributed by atoms with Crippen molar-refractivity contribution in [3.8, 4) is 11.5 Å². The Morgan fingerprint density at radius 3 is 2.64 bits per heavy atom. The molecule has 3 aromatic rings. The van der Waals surface area contributed by atoms with E-state index in [1.165, 1.54) is 4.90 Å². The predicted octanol–water partition coefficient (Wildman–Crippen LogP) is 4.59. The van der Waals surface area contributed by atoms with Crippen LogP contribution in [0.25, 0.3) is 0 Å². The summed E-state index contributed by atoms with van der Waals surface area (Å²) in [5.74, 6) is -1.58. The molecule has 0 aliphatic carbocycles. The van der Waals surface area contributed by atoms with Crippen molar-refractivity contribution in [1.29, 1.82) is 0 Å². The first-order chi connectivity index (χ1) is 22.7. The third-order valence-electron chi connectivity index (χ3n) is 8.13. The SMILES string of the molecule is COCCCN1C(=O)COc2ccc(COC3CN(C(=O)O)CCC3c3ccc(C(=O)NCCOc4cc(F)ccc4F)cc3)cc21. The lowest BCUT2D eigenvalue weighted by Gasteiger charge is -2.37. The second-order valence-corrected chi connectivity index (χ2v) is 11.3. The number of amides is 3. The fraction of sp³-hybridized carbons (Fsp3) is 0.382. The maximum atomic E-state index is 13.7. The fourth-order valence-electron chi connectivity index (χ4n) is 5.69. The highest BCUT2D eigenvalue weighted by atomic mass is 19.1. The Bertz CT molecular complexity index is 1570. The molecule has 0 saturated carbocycles. The zero-order valence-corrected chi connectivity index (χ0v) is 26.0. The molecule has 2 aliphatic rings. The Morgan fingerprint density at radius 2 is 1.87 bits per heavy atom. The zero-order chi connectivity index (χ0) is 33.3. The molecule has 2 unspecified atom stereocenters. The minimum absolute atomic E-state index is 0.0305. The number of nitrogens with one attached hydrogen (secondary N) is 1. The van der Waals surface area contributed by atoms with E-state index in [9.17, 15) is 28.3 Å². The van der Waals surface area contributed by atoms with Crippen LogP contribution in [0, 0.1) is 11.6 Å². The standard InChI is InChI=1S/C34H37F2N3O8/c1-44-15-2-13-39-28-17-22(3-10-29(28)47-21-32(39)40)20-46-31-19-38(34(42)43)14-11-26(31)23-4-6-24(7-5-23)33(41)37-12-16-45-30-18-25(35)8-9-27(30)36/h3-10,17-18,26,31H,2,11-16,19-21H2,1H3,(H,37,41)(H,42,43). The number of benzene rings is 3. The number of hydrogen-bond donors (Lipinski definition) is 2. The van der Waals surface area contributed by atoms with Gasteiger partial charge in [0.25, 0.3) is 11.8 Å². The number of nitrogens with zero attached hydrogens (tertiary/aromatic N) is 2. The number of fused-ring (bicyclic) bond motifs is 1. The molecule has 0 bridgehead atoms. The van der Waals surface area contributed by atoms with Crippen molar-refractivity contribution in [2.24, 2.45) is 0 Å². The smallest absolute Gasteiger partial charge is 0.407 e. The quantitative estimate of drug-likeness (QED) is 0.257. The highest BCUT2D eigenvalue weighted by Gasteiger charge is 2.34. The van der Waals surface area contributed by atoms with Crippen molar-refractivity contribution < 1.29 is 47.2 Å². The molecule has 2 atom stereocenters. The third-order valence-corrected chi connectivity index (χ3v) is 8.13. The van der Waals surface area contributed by atoms with Crippen LogP contribution in [0.1, 0.15) is 40.2 Å². The number of methoxy groups -OCH3 is 1. The van der Waals surface area contributed by atoms with E-state index in [1.54, 1.807) is 30.2 Å². The van der Waals surface area contributed by atoms with Gasteiger partial charge in [0.1, 0.15) is 18.2 Å². The third kappa shape index (κ3) is 8.54. The maximum Gasteiger partial charge on any atom is 0.407 e. The van der Waals surface area contributed by atoms with Crippen molar-refractivity contribution in [2.45, 2.75) is 31.5 Å². The van der Waals surface area contributed by atoms with E-state index in [1.807, 2.05) is 24.3 Å². The van der Waals surface area contributed by atoms with E-state index in [-0.39, 0.29) is 56.4 Å². The van der Waals surface area contributed by atoms with E-state index in [4.69, 9.17) is 18.9 Å². The number of hydrogen-bond acceptors (Lipinski definition) is 7. The predicted molar refractivity (Wildman–Crippen MR) is 167 cm³/mol. The largest absolute Gasteiger partial charge is 0.489 e. The Hall–Kier alpha value is -4.75. The molecule has 0 radical (unpaired) electrons. The number of carbonyl (C=O) groups is 3. The van der Waals surface area contributed by atoms with Gasteiger partial charge in [0.15, 0.2) is 18.2 Å². The molecule has 0 spiro atoms. The van der Waals surface area contributed by atoms with Gasteiger partial charge in [0, 0.05) is 44.4 Å². The van der Waals surface area contributed by atoms with Crippen molar-refractivity contribution >= 4 is 23.6 Å². The first-order valence-electron chi connectivity index (χ1n) is 15.3. The van der Waals surface area contributed by atoms with Crippen LogP contribution in [0.15, 0.2) is 60.7 Å². The maximum absolute atomic E-state index is 13.7. The minimum Gasteiger partial charge on any atom is -0.489 e. The Kier molecular flexibility index (Phi) is 11.2. The van der Waals surface area contributed by atoms with Gasteiger partial charge >= 0.3 is 6.09 Å². The van der Waals surface area contributed by atoms with Crippen LogP contribution in [0.3, 0.4) is 0 Å². The lowest BCUT2D eigenvalue weighted by molar-refractivity contribution is -0.121. The number of rotatable bonds is 13. The molecular formula is C34H37F2N3O8. The Balaban J connectivity index is 1.21. The monoisotopic (exact) mass is 653 g/mol. The fourth-order valence-corrected chi connectivity index (χ4v) is 5.69. The summed E-state index contributed by atoms with van der Waals surface area (Å²) in [6.45, 7) is 1.70. The molecule has 5 rings (SSSR count). The van der Waals surface area contributed by atoms with Gasteiger partial charge in [-0.3, -0.25) is 9.59 Å². The van der Waals surface area contributed by atoms with Gasteiger partial charge in [0.2, 0.25) is 0 Å². The normalized spacial score (nSPS) is 17.6. The zero-order valence-electron chi connectivity index (χ0n) is 26.0. The summed E-state index contributed by atoms with van der Waals surface area (Å²) in [5, 5.41) is 12.4. The number of carbonyl (C=O) groups excluding carboxylic acids is 2. The van der Waals surface area contributed by atoms with Crippen LogP contribution in [0.5, 0.6) is 11.5 Å². The van der Waals surface area contributed by atoms with Crippen LogP contribution in [0.4, 0.5) is 19.3 Å². The Morgan fingerprint density at radius 1 is 1.06 bits per heavy atom. The molecule has 3 aromatic carbocycles. The van der Waals surface area contributed by atoms with Crippen LogP contribution in [-0.2, 0) is 20.9 Å². The average molecular weight is 654 g/mol. The van der Waals surface area contributed by atoms with E-state index >= 15 is 0 Å². The number of likely N-dealkylation sites (tertiary alicyclic amines) is 1. The molecule has 250 valence electrons. The number of piperidine rings is 1. The second kappa shape index (κ2) is 15.7. The lowest BCUT2D eigenvalue weighted by atomic mass is 9.86. The van der Waals surface area contributed by atoms with Gasteiger partial charge in [-0.15, -0.1) is 0 Å². The van der Waals surface area contributed by atoms with Gasteiger partial charge in [-0.2, -0.15) is 0 Å². The Labute approximate surface area is 271 Å². The first-order valence-corrected chi connectivity index (χ1v) is 15.3. The summed E-state index contributed by atoms with van der Waals surface area (Å²) in [6, 6.07) is 15.4. The molecule has 2 aliphatic heterocycles. The summed E-state index contributed by atoms with van der Waals surface area (Å²) in [7, 11) is 1.61. The van der Waals surface area contributed by atoms with Gasteiger partial charge in [-0.05, 0) is 60.4 Å². The van der Waals surface area contributed by atoms with Crippen molar-refractivity contribution in [3.63, 3.8) is 0 Å². The number of carboxylic acid groups (broad SMARTS) is 1. The number of anilines is 1. The number of ether oxygens (including phenoxy) is 4. The van der Waals surface area contributed by atoms with Crippen molar-refractivity contribution in [2.75, 3.05) is 58.0 Å². The van der Waals surface area contributed by atoms with Crippen LogP contribution < -0.4 is 19.7 Å². The van der Waals surface area contributed by atoms with Crippen LogP contribution >= 0.6 is 0 Å². The van der Waals surface area contributed by atoms with Crippen molar-refractivity contribution in [3.05, 3.63) is 89.0 Å². The summed E-state index contributed by atoms with van der Waals surface area (Å²) in [5.41, 5.74) is 2.76. The molecule has 47 heavy (non-hydrogen) atoms. The molecule has 0 aromatic heterocycles. The van der Waals surface area contributed by atoms with E-state index in [0.29, 0.717) is 49.5 Å². The van der Waals surface area contributed by atoms with Gasteiger partial charge in [0.05, 0.1) is 31.5 Å². The highest BCUT2D eigenvalue weighted by Crippen LogP contribution is 2.35. The second-order valence-electron chi connectivity index (χ2n) is 11.3. The number of halogens is 2. The first kappa shape index (κ1) is 33.6. The topological polar surface area (TPSA) is 127 Å². The van der Waals surface area contributed by atoms with E-state index in [2.05, 4.69) is 5.32 Å². The average Bonchev–Trinajstić information content (AvgIpc) is 3.08. The van der Waals surface area contributed by atoms with Gasteiger partial charge in [-0.1, -0.05) is 18.2 Å². The summed E-state index contributed by atoms with van der Waals surface area (Å²) in [4.78, 5) is 40.1. The molecule has 2 heterocycles. The van der Waals surface area contributed by atoms with Gasteiger partial charge in [-0.25, -0.2) is 13.6 Å². The molecule has 1 saturated heterocycles. The highest BCUT2D eigenvalue weighted by molar-refractivity contribution is 5.98. The van der Waals surface area contributed by atoms with Crippen LogP contribution in [0.2, 0.25) is 0 Å². The molecule has 2 N–H and O–H groups in total. The summed E-state index contributed by atoms with van der Waals surface area (Å²) in [6.07, 6.45) is -0.295. The van der Waals surface area contributed by atoms with E-state index < -0.39 is 23.8 Å². The lowest BCUT2D eigenvalue weighted by Crippen LogP contribution is -2.46.